The van der Waals surface area contributed by atoms with Crippen molar-refractivity contribution in [1.29, 1.82) is 0 Å². The van der Waals surface area contributed by atoms with E-state index in [1.165, 1.54) is 16.6 Å². The fourth-order valence-electron chi connectivity index (χ4n) is 7.36. The van der Waals surface area contributed by atoms with Gasteiger partial charge in [-0.2, -0.15) is 4.31 Å². The van der Waals surface area contributed by atoms with Crippen molar-refractivity contribution in [2.45, 2.75) is 88.4 Å². The van der Waals surface area contributed by atoms with Gasteiger partial charge < -0.3 is 25.4 Å². The number of esters is 1. The van der Waals surface area contributed by atoms with Crippen molar-refractivity contribution >= 4 is 50.7 Å². The van der Waals surface area contributed by atoms with Crippen LogP contribution in [-0.4, -0.2) is 78.1 Å². The first-order valence-corrected chi connectivity index (χ1v) is 19.5. The average molecular weight is 724 g/mol. The molecule has 2 aromatic heterocycles. The summed E-state index contributed by atoms with van der Waals surface area (Å²) < 4.78 is 35.0. The summed E-state index contributed by atoms with van der Waals surface area (Å²) in [6.07, 6.45) is 6.46. The Kier molecular flexibility index (Phi) is 10.4. The largest absolute Gasteiger partial charge is 0.477 e. The van der Waals surface area contributed by atoms with Crippen LogP contribution < -0.4 is 15.5 Å². The van der Waals surface area contributed by atoms with Crippen LogP contribution in [0.25, 0.3) is 10.4 Å². The lowest BCUT2D eigenvalue weighted by molar-refractivity contribution is -0.161. The van der Waals surface area contributed by atoms with Crippen molar-refractivity contribution in [2.24, 2.45) is 17.6 Å². The standard InChI is InChI=1S/C36H45N5O7S2/c1-36(2,3)48-35(45)26-15-10-18-40(33(26)37)30-17-16-25(20-38-30)50(46,47)39-21-28(23-11-6-4-7-12-23)41(31(42)22-39)27-19-29(49-32(27)34(43)44)24-13-8-5-9-14-24/h5,8-9,13-14,16-17,19-20,23,26,28,33H,4,6-7,10-12,15,18,21-22,37H2,1-3H3,(H,43,44)/t26?,28-,33-/m0/s1. The first-order chi connectivity index (χ1) is 23.7. The summed E-state index contributed by atoms with van der Waals surface area (Å²) in [7, 11) is -4.16. The average Bonchev–Trinajstić information content (AvgIpc) is 3.54. The zero-order valence-corrected chi connectivity index (χ0v) is 30.3. The number of ether oxygens (including phenoxy) is 1. The van der Waals surface area contributed by atoms with Gasteiger partial charge in [-0.05, 0) is 76.1 Å². The van der Waals surface area contributed by atoms with Crippen LogP contribution in [-0.2, 0) is 24.3 Å². The van der Waals surface area contributed by atoms with Gasteiger partial charge in [0.05, 0.1) is 30.4 Å². The number of pyridine rings is 1. The third kappa shape index (κ3) is 7.43. The van der Waals surface area contributed by atoms with Crippen molar-refractivity contribution in [3.8, 4) is 10.4 Å². The van der Waals surface area contributed by atoms with Crippen LogP contribution in [0, 0.1) is 11.8 Å². The maximum absolute atomic E-state index is 14.1. The molecule has 3 N–H and O–H groups in total. The number of nitrogens with zero attached hydrogens (tertiary/aromatic N) is 4. The number of nitrogens with two attached hydrogens (primary N) is 1. The smallest absolute Gasteiger partial charge is 0.348 e. The predicted octanol–water partition coefficient (Wildman–Crippen LogP) is 5.34. The van der Waals surface area contributed by atoms with E-state index in [0.29, 0.717) is 30.9 Å². The molecule has 1 saturated carbocycles. The molecule has 1 aliphatic carbocycles. The topological polar surface area (TPSA) is 163 Å². The third-order valence-corrected chi connectivity index (χ3v) is 12.7. The lowest BCUT2D eigenvalue weighted by Gasteiger charge is -2.44. The number of benzene rings is 1. The number of carboxylic acids is 1. The number of amides is 1. The number of hydrogen-bond donors (Lipinski definition) is 2. The first kappa shape index (κ1) is 36.0. The van der Waals surface area contributed by atoms with Crippen molar-refractivity contribution in [2.75, 3.05) is 29.4 Å². The summed E-state index contributed by atoms with van der Waals surface area (Å²) >= 11 is 1.11. The van der Waals surface area contributed by atoms with Crippen LogP contribution in [0.3, 0.4) is 0 Å². The minimum Gasteiger partial charge on any atom is -0.477 e. The Labute approximate surface area is 297 Å². The summed E-state index contributed by atoms with van der Waals surface area (Å²) in [4.78, 5) is 48.0. The van der Waals surface area contributed by atoms with Crippen LogP contribution in [0.5, 0.6) is 0 Å². The maximum Gasteiger partial charge on any atom is 0.348 e. The molecule has 6 rings (SSSR count). The molecule has 1 amide bonds. The second-order valence-electron chi connectivity index (χ2n) is 14.3. The molecular formula is C36H45N5O7S2. The fourth-order valence-corrected chi connectivity index (χ4v) is 9.71. The van der Waals surface area contributed by atoms with Crippen LogP contribution in [0.2, 0.25) is 0 Å². The molecule has 3 aromatic rings. The van der Waals surface area contributed by atoms with E-state index in [0.717, 1.165) is 53.9 Å². The Morgan fingerprint density at radius 1 is 1.02 bits per heavy atom. The summed E-state index contributed by atoms with van der Waals surface area (Å²) in [5.41, 5.74) is 7.03. The number of rotatable bonds is 8. The highest BCUT2D eigenvalue weighted by Gasteiger charge is 2.44. The lowest BCUT2D eigenvalue weighted by atomic mass is 9.82. The van der Waals surface area contributed by atoms with E-state index in [-0.39, 0.29) is 28.2 Å². The van der Waals surface area contributed by atoms with E-state index in [1.54, 1.807) is 42.7 Å². The zero-order valence-electron chi connectivity index (χ0n) is 28.7. The van der Waals surface area contributed by atoms with Crippen molar-refractivity contribution in [3.63, 3.8) is 0 Å². The number of thiophene rings is 1. The van der Waals surface area contributed by atoms with Crippen molar-refractivity contribution < 1.29 is 32.6 Å². The van der Waals surface area contributed by atoms with Gasteiger partial charge in [-0.25, -0.2) is 18.2 Å². The molecule has 3 atom stereocenters. The molecule has 0 radical (unpaired) electrons. The van der Waals surface area contributed by atoms with Gasteiger partial charge in [0.25, 0.3) is 0 Å². The molecule has 4 heterocycles. The Balaban J connectivity index is 1.26. The van der Waals surface area contributed by atoms with E-state index >= 15 is 0 Å². The maximum atomic E-state index is 14.1. The second kappa shape index (κ2) is 14.4. The van der Waals surface area contributed by atoms with Gasteiger partial charge >= 0.3 is 11.9 Å². The van der Waals surface area contributed by atoms with Crippen molar-refractivity contribution in [1.82, 2.24) is 9.29 Å². The number of hydrogen-bond acceptors (Lipinski definition) is 10. The van der Waals surface area contributed by atoms with Gasteiger partial charge in [0.1, 0.15) is 21.2 Å². The van der Waals surface area contributed by atoms with Gasteiger partial charge in [0, 0.05) is 24.2 Å². The minimum atomic E-state index is -4.16. The molecule has 0 spiro atoms. The molecule has 2 saturated heterocycles. The number of piperazine rings is 1. The fraction of sp³-hybridized carbons (Fsp3) is 0.500. The number of carboxylic acid groups (broad SMARTS) is 1. The third-order valence-electron chi connectivity index (χ3n) is 9.77. The first-order valence-electron chi connectivity index (χ1n) is 17.2. The van der Waals surface area contributed by atoms with Crippen molar-refractivity contribution in [3.05, 3.63) is 59.6 Å². The molecule has 50 heavy (non-hydrogen) atoms. The summed E-state index contributed by atoms with van der Waals surface area (Å²) in [6.45, 7) is 5.56. The van der Waals surface area contributed by atoms with E-state index in [2.05, 4.69) is 4.98 Å². The normalized spacial score (nSPS) is 22.8. The van der Waals surface area contributed by atoms with E-state index < -0.39 is 52.2 Å². The van der Waals surface area contributed by atoms with Crippen LogP contribution in [0.4, 0.5) is 11.5 Å². The SMILES string of the molecule is CC(C)(C)OC(=O)C1CCCN(c2ccc(S(=O)(=O)N3CC(=O)N(c4cc(-c5ccccc5)sc4C(=O)O)[C@H](C4CCCCC4)C3)cn2)[C@@H]1N. The quantitative estimate of drug-likeness (QED) is 0.290. The Morgan fingerprint density at radius 2 is 1.74 bits per heavy atom. The zero-order chi connectivity index (χ0) is 35.8. The summed E-state index contributed by atoms with van der Waals surface area (Å²) in [5.74, 6) is -2.08. The highest BCUT2D eigenvalue weighted by Crippen LogP contribution is 2.42. The van der Waals surface area contributed by atoms with Gasteiger partial charge in [-0.1, -0.05) is 49.6 Å². The number of anilines is 2. The number of carbonyl (C=O) groups is 3. The molecule has 268 valence electrons. The van der Waals surface area contributed by atoms with E-state index in [9.17, 15) is 27.9 Å². The van der Waals surface area contributed by atoms with Gasteiger partial charge in [0.2, 0.25) is 15.9 Å². The molecule has 0 bridgehead atoms. The molecule has 2 aliphatic heterocycles. The molecule has 12 nitrogen and oxygen atoms in total. The number of aromatic nitrogens is 1. The Bertz CT molecular complexity index is 1820. The minimum absolute atomic E-state index is 0.00595. The van der Waals surface area contributed by atoms with Gasteiger partial charge in [0.15, 0.2) is 0 Å². The molecule has 1 unspecified atom stereocenters. The number of aromatic carboxylic acids is 1. The molecular weight excluding hydrogens is 679 g/mol. The summed E-state index contributed by atoms with van der Waals surface area (Å²) in [5, 5.41) is 10.2. The molecule has 1 aromatic carbocycles. The highest BCUT2D eigenvalue weighted by molar-refractivity contribution is 7.89. The molecule has 3 aliphatic rings. The van der Waals surface area contributed by atoms with E-state index in [4.69, 9.17) is 10.5 Å². The Hall–Kier alpha value is -3.85. The lowest BCUT2D eigenvalue weighted by Crippen LogP contribution is -2.60. The van der Waals surface area contributed by atoms with E-state index in [1.807, 2.05) is 30.3 Å². The monoisotopic (exact) mass is 723 g/mol. The molecule has 14 heteroatoms. The Morgan fingerprint density at radius 3 is 2.38 bits per heavy atom. The number of sulfonamides is 1. The number of piperidine rings is 1. The molecule has 3 fully saturated rings. The number of carbonyl (C=O) groups excluding carboxylic acids is 2. The van der Waals surface area contributed by atoms with Crippen LogP contribution >= 0.6 is 11.3 Å². The van der Waals surface area contributed by atoms with Gasteiger partial charge in [-0.15, -0.1) is 11.3 Å². The highest BCUT2D eigenvalue weighted by atomic mass is 32.2. The second-order valence-corrected chi connectivity index (χ2v) is 17.3. The van der Waals surface area contributed by atoms with Crippen LogP contribution in [0.15, 0.2) is 59.6 Å². The van der Waals surface area contributed by atoms with Gasteiger partial charge in [-0.3, -0.25) is 9.59 Å². The summed E-state index contributed by atoms with van der Waals surface area (Å²) in [6, 6.07) is 13.7. The predicted molar refractivity (Wildman–Crippen MR) is 191 cm³/mol. The van der Waals surface area contributed by atoms with Crippen LogP contribution in [0.1, 0.15) is 75.4 Å².